The van der Waals surface area contributed by atoms with E-state index in [2.05, 4.69) is 0 Å². The van der Waals surface area contributed by atoms with Gasteiger partial charge in [-0.2, -0.15) is 0 Å². The van der Waals surface area contributed by atoms with Crippen LogP contribution in [-0.4, -0.2) is 8.42 Å². The summed E-state index contributed by atoms with van der Waals surface area (Å²) in [6.07, 6.45) is 0. The van der Waals surface area contributed by atoms with Crippen LogP contribution in [0.5, 0.6) is 0 Å². The van der Waals surface area contributed by atoms with E-state index in [0.29, 0.717) is 9.92 Å². The van der Waals surface area contributed by atoms with Gasteiger partial charge in [0.05, 0.1) is 9.79 Å². The fourth-order valence-electron chi connectivity index (χ4n) is 1.47. The predicted octanol–water partition coefficient (Wildman–Crippen LogP) is 3.48. The maximum Gasteiger partial charge on any atom is 0.206 e. The van der Waals surface area contributed by atoms with E-state index < -0.39 is 9.84 Å². The Bertz CT molecular complexity index is 562. The molecule has 0 atom stereocenters. The van der Waals surface area contributed by atoms with E-state index in [4.69, 9.17) is 11.6 Å². The molecule has 0 aromatic heterocycles. The smallest absolute Gasteiger partial charge is 0.206 e. The maximum absolute atomic E-state index is 12.2. The predicted molar refractivity (Wildman–Crippen MR) is 68.1 cm³/mol. The zero-order chi connectivity index (χ0) is 12.5. The van der Waals surface area contributed by atoms with Gasteiger partial charge in [0, 0.05) is 5.02 Å². The number of halogens is 1. The molecular formula is C13H11ClO2S. The summed E-state index contributed by atoms with van der Waals surface area (Å²) < 4.78 is 24.4. The molecule has 0 aliphatic carbocycles. The van der Waals surface area contributed by atoms with Gasteiger partial charge in [0.2, 0.25) is 9.84 Å². The lowest BCUT2D eigenvalue weighted by molar-refractivity contribution is 0.596. The molecule has 0 aliphatic rings. The van der Waals surface area contributed by atoms with Crippen molar-refractivity contribution in [1.29, 1.82) is 0 Å². The molecule has 0 heterocycles. The van der Waals surface area contributed by atoms with Crippen molar-refractivity contribution in [2.45, 2.75) is 16.7 Å². The molecule has 0 fully saturated rings. The zero-order valence-electron chi connectivity index (χ0n) is 9.22. The van der Waals surface area contributed by atoms with Crippen molar-refractivity contribution in [1.82, 2.24) is 0 Å². The number of sulfone groups is 1. The summed E-state index contributed by atoms with van der Waals surface area (Å²) in [7, 11) is -3.43. The SMILES string of the molecule is Cc1ccc(S(=O)(=O)c2ccc(Cl)cc2)cc1. The van der Waals surface area contributed by atoms with E-state index in [1.54, 1.807) is 36.4 Å². The highest BCUT2D eigenvalue weighted by Crippen LogP contribution is 2.22. The van der Waals surface area contributed by atoms with Gasteiger partial charge in [0.15, 0.2) is 0 Å². The summed E-state index contributed by atoms with van der Waals surface area (Å²) in [5.74, 6) is 0. The van der Waals surface area contributed by atoms with Crippen molar-refractivity contribution >= 4 is 21.4 Å². The first kappa shape index (κ1) is 12.1. The minimum atomic E-state index is -3.43. The Morgan fingerprint density at radius 1 is 0.824 bits per heavy atom. The summed E-state index contributed by atoms with van der Waals surface area (Å²) in [6.45, 7) is 1.92. The van der Waals surface area contributed by atoms with Gasteiger partial charge in [0.25, 0.3) is 0 Å². The first-order valence-corrected chi connectivity index (χ1v) is 6.93. The molecule has 0 N–H and O–H groups in total. The van der Waals surface area contributed by atoms with Crippen molar-refractivity contribution in [3.63, 3.8) is 0 Å². The van der Waals surface area contributed by atoms with Gasteiger partial charge in [-0.05, 0) is 43.3 Å². The fourth-order valence-corrected chi connectivity index (χ4v) is 2.85. The molecule has 0 bridgehead atoms. The standard InChI is InChI=1S/C13H11ClO2S/c1-10-2-6-12(7-3-10)17(15,16)13-8-4-11(14)5-9-13/h2-9H,1H3. The van der Waals surface area contributed by atoms with Gasteiger partial charge in [-0.25, -0.2) is 8.42 Å². The van der Waals surface area contributed by atoms with Crippen LogP contribution in [0.4, 0.5) is 0 Å². The van der Waals surface area contributed by atoms with Crippen LogP contribution in [0.25, 0.3) is 0 Å². The number of aryl methyl sites for hydroxylation is 1. The lowest BCUT2D eigenvalue weighted by Gasteiger charge is -2.04. The van der Waals surface area contributed by atoms with Crippen LogP contribution in [0, 0.1) is 6.92 Å². The lowest BCUT2D eigenvalue weighted by Crippen LogP contribution is -2.01. The first-order valence-electron chi connectivity index (χ1n) is 5.07. The molecule has 2 rings (SSSR count). The average molecular weight is 267 g/mol. The molecule has 4 heteroatoms. The second kappa shape index (κ2) is 4.51. The second-order valence-corrected chi connectivity index (χ2v) is 6.16. The minimum absolute atomic E-state index is 0.255. The van der Waals surface area contributed by atoms with Crippen LogP contribution >= 0.6 is 11.6 Å². The molecule has 0 saturated heterocycles. The Labute approximate surface area is 106 Å². The van der Waals surface area contributed by atoms with Crippen LogP contribution in [-0.2, 0) is 9.84 Å². The highest BCUT2D eigenvalue weighted by molar-refractivity contribution is 7.91. The molecule has 0 unspecified atom stereocenters. The Morgan fingerprint density at radius 3 is 1.71 bits per heavy atom. The normalized spacial score (nSPS) is 11.4. The van der Waals surface area contributed by atoms with Gasteiger partial charge < -0.3 is 0 Å². The molecule has 0 spiro atoms. The number of hydrogen-bond donors (Lipinski definition) is 0. The zero-order valence-corrected chi connectivity index (χ0v) is 10.8. The Morgan fingerprint density at radius 2 is 1.24 bits per heavy atom. The quantitative estimate of drug-likeness (QED) is 0.834. The third-order valence-electron chi connectivity index (χ3n) is 2.46. The van der Waals surface area contributed by atoms with Crippen molar-refractivity contribution in [2.75, 3.05) is 0 Å². The summed E-state index contributed by atoms with van der Waals surface area (Å²) in [5.41, 5.74) is 1.03. The van der Waals surface area contributed by atoms with E-state index in [1.807, 2.05) is 6.92 Å². The monoisotopic (exact) mass is 266 g/mol. The van der Waals surface area contributed by atoms with Crippen LogP contribution in [0.15, 0.2) is 58.3 Å². The maximum atomic E-state index is 12.2. The van der Waals surface area contributed by atoms with Crippen LogP contribution in [0.3, 0.4) is 0 Å². The van der Waals surface area contributed by atoms with Crippen molar-refractivity contribution in [3.8, 4) is 0 Å². The molecule has 0 aliphatic heterocycles. The van der Waals surface area contributed by atoms with Gasteiger partial charge in [-0.1, -0.05) is 29.3 Å². The van der Waals surface area contributed by atoms with Crippen LogP contribution in [0.1, 0.15) is 5.56 Å². The van der Waals surface area contributed by atoms with E-state index in [0.717, 1.165) is 5.56 Å². The second-order valence-electron chi connectivity index (χ2n) is 3.77. The average Bonchev–Trinajstić information content (AvgIpc) is 2.30. The third kappa shape index (κ3) is 2.51. The van der Waals surface area contributed by atoms with Gasteiger partial charge >= 0.3 is 0 Å². The summed E-state index contributed by atoms with van der Waals surface area (Å²) in [6, 6.07) is 12.9. The molecule has 88 valence electrons. The highest BCUT2D eigenvalue weighted by Gasteiger charge is 2.16. The van der Waals surface area contributed by atoms with E-state index in [-0.39, 0.29) is 4.90 Å². The molecule has 2 aromatic rings. The van der Waals surface area contributed by atoms with Crippen molar-refractivity contribution < 1.29 is 8.42 Å². The molecule has 0 saturated carbocycles. The molecule has 2 aromatic carbocycles. The van der Waals surface area contributed by atoms with Crippen LogP contribution < -0.4 is 0 Å². The topological polar surface area (TPSA) is 34.1 Å². The van der Waals surface area contributed by atoms with Gasteiger partial charge in [-0.15, -0.1) is 0 Å². The molecule has 17 heavy (non-hydrogen) atoms. The number of hydrogen-bond acceptors (Lipinski definition) is 2. The van der Waals surface area contributed by atoms with Gasteiger partial charge in [-0.3, -0.25) is 0 Å². The van der Waals surface area contributed by atoms with Crippen LogP contribution in [0.2, 0.25) is 5.02 Å². The van der Waals surface area contributed by atoms with E-state index in [1.165, 1.54) is 12.1 Å². The molecular weight excluding hydrogens is 256 g/mol. The first-order chi connectivity index (χ1) is 8.00. The lowest BCUT2D eigenvalue weighted by atomic mass is 10.2. The molecule has 0 radical (unpaired) electrons. The molecule has 2 nitrogen and oxygen atoms in total. The fraction of sp³-hybridized carbons (Fsp3) is 0.0769. The highest BCUT2D eigenvalue weighted by atomic mass is 35.5. The molecule has 0 amide bonds. The largest absolute Gasteiger partial charge is 0.219 e. The van der Waals surface area contributed by atoms with Gasteiger partial charge in [0.1, 0.15) is 0 Å². The number of benzene rings is 2. The number of rotatable bonds is 2. The van der Waals surface area contributed by atoms with E-state index >= 15 is 0 Å². The minimum Gasteiger partial charge on any atom is -0.219 e. The Hall–Kier alpha value is -1.32. The van der Waals surface area contributed by atoms with Crippen molar-refractivity contribution in [2.24, 2.45) is 0 Å². The summed E-state index contributed by atoms with van der Waals surface area (Å²) in [5, 5.41) is 0.521. The van der Waals surface area contributed by atoms with Crippen molar-refractivity contribution in [3.05, 3.63) is 59.1 Å². The van der Waals surface area contributed by atoms with E-state index in [9.17, 15) is 8.42 Å². The Kier molecular flexibility index (Phi) is 3.22. The Balaban J connectivity index is 2.50. The summed E-state index contributed by atoms with van der Waals surface area (Å²) >= 11 is 5.73. The summed E-state index contributed by atoms with van der Waals surface area (Å²) in [4.78, 5) is 0.552. The third-order valence-corrected chi connectivity index (χ3v) is 4.49.